The summed E-state index contributed by atoms with van der Waals surface area (Å²) in [6, 6.07) is 11.3. The molecule has 1 aliphatic rings. The Kier molecular flexibility index (Phi) is 8.30. The van der Waals surface area contributed by atoms with Crippen LogP contribution in [0.4, 0.5) is 5.82 Å². The zero-order valence-corrected chi connectivity index (χ0v) is 18.2. The fourth-order valence-electron chi connectivity index (χ4n) is 2.57. The third-order valence-electron chi connectivity index (χ3n) is 3.92. The van der Waals surface area contributed by atoms with E-state index in [9.17, 15) is 4.79 Å². The van der Waals surface area contributed by atoms with Crippen molar-refractivity contribution in [2.75, 3.05) is 25.7 Å². The van der Waals surface area contributed by atoms with Crippen LogP contribution < -0.4 is 25.4 Å². The molecule has 9 heteroatoms. The highest BCUT2D eigenvalue weighted by molar-refractivity contribution is 14.0. The minimum Gasteiger partial charge on any atom is -0.454 e. The highest BCUT2D eigenvalue weighted by Gasteiger charge is 2.13. The number of fused-ring (bicyclic) bond motifs is 1. The summed E-state index contributed by atoms with van der Waals surface area (Å²) in [5.74, 6) is 2.58. The van der Waals surface area contributed by atoms with E-state index in [4.69, 9.17) is 9.47 Å². The number of anilines is 1. The lowest BCUT2D eigenvalue weighted by Crippen LogP contribution is -2.38. The van der Waals surface area contributed by atoms with Gasteiger partial charge in [0.1, 0.15) is 5.82 Å². The molecule has 1 aromatic heterocycles. The van der Waals surface area contributed by atoms with Crippen LogP contribution in [0, 0.1) is 6.92 Å². The number of nitrogens with zero attached hydrogens (tertiary/aromatic N) is 2. The van der Waals surface area contributed by atoms with Crippen LogP contribution in [-0.2, 0) is 11.3 Å². The van der Waals surface area contributed by atoms with Gasteiger partial charge in [-0.1, -0.05) is 12.1 Å². The van der Waals surface area contributed by atoms with Crippen LogP contribution in [-0.4, -0.2) is 37.2 Å². The zero-order chi connectivity index (χ0) is 19.1. The van der Waals surface area contributed by atoms with Crippen molar-refractivity contribution in [3.8, 4) is 11.5 Å². The molecular weight excluding hydrogens is 473 g/mol. The van der Waals surface area contributed by atoms with Gasteiger partial charge >= 0.3 is 0 Å². The van der Waals surface area contributed by atoms with E-state index in [0.29, 0.717) is 31.3 Å². The Morgan fingerprint density at radius 1 is 1.18 bits per heavy atom. The van der Waals surface area contributed by atoms with E-state index in [2.05, 4.69) is 25.9 Å². The van der Waals surface area contributed by atoms with E-state index >= 15 is 0 Å². The number of hydrogen-bond acceptors (Lipinski definition) is 5. The van der Waals surface area contributed by atoms with Crippen LogP contribution in [0.2, 0.25) is 0 Å². The number of hydrogen-bond donors (Lipinski definition) is 3. The van der Waals surface area contributed by atoms with Crippen LogP contribution in [0.1, 0.15) is 17.7 Å². The van der Waals surface area contributed by atoms with Crippen LogP contribution in [0.5, 0.6) is 11.5 Å². The highest BCUT2D eigenvalue weighted by Crippen LogP contribution is 2.32. The molecule has 28 heavy (non-hydrogen) atoms. The first-order valence-electron chi connectivity index (χ1n) is 8.70. The quantitative estimate of drug-likeness (QED) is 0.323. The molecule has 0 atom stereocenters. The van der Waals surface area contributed by atoms with Gasteiger partial charge in [0.15, 0.2) is 17.5 Å². The van der Waals surface area contributed by atoms with E-state index in [1.807, 2.05) is 37.3 Å². The zero-order valence-electron chi connectivity index (χ0n) is 15.8. The van der Waals surface area contributed by atoms with Crippen molar-refractivity contribution < 1.29 is 14.3 Å². The van der Waals surface area contributed by atoms with E-state index in [1.54, 1.807) is 13.1 Å². The lowest BCUT2D eigenvalue weighted by Gasteiger charge is -2.12. The van der Waals surface area contributed by atoms with Crippen LogP contribution in [0.15, 0.2) is 41.4 Å². The summed E-state index contributed by atoms with van der Waals surface area (Å²) in [5, 5.41) is 9.11. The molecule has 8 nitrogen and oxygen atoms in total. The number of amides is 1. The Balaban J connectivity index is 0.00000280. The Hall–Kier alpha value is -2.56. The highest BCUT2D eigenvalue weighted by atomic mass is 127. The predicted molar refractivity (Wildman–Crippen MR) is 118 cm³/mol. The molecule has 1 aliphatic heterocycles. The van der Waals surface area contributed by atoms with Crippen molar-refractivity contribution in [1.29, 1.82) is 0 Å². The molecular formula is C19H24IN5O3. The van der Waals surface area contributed by atoms with Crippen molar-refractivity contribution in [3.05, 3.63) is 47.7 Å². The number of halogens is 1. The molecule has 0 spiro atoms. The van der Waals surface area contributed by atoms with Crippen molar-refractivity contribution in [2.45, 2.75) is 19.9 Å². The summed E-state index contributed by atoms with van der Waals surface area (Å²) in [5.41, 5.74) is 1.91. The summed E-state index contributed by atoms with van der Waals surface area (Å²) >= 11 is 0. The Bertz CT molecular complexity index is 844. The van der Waals surface area contributed by atoms with Crippen LogP contribution in [0.3, 0.4) is 0 Å². The number of aromatic nitrogens is 1. The van der Waals surface area contributed by atoms with E-state index in [0.717, 1.165) is 22.8 Å². The van der Waals surface area contributed by atoms with Gasteiger partial charge in [0.2, 0.25) is 12.7 Å². The smallest absolute Gasteiger partial charge is 0.231 e. The Morgan fingerprint density at radius 3 is 2.79 bits per heavy atom. The second kappa shape index (κ2) is 10.7. The number of rotatable bonds is 6. The number of nitrogens with one attached hydrogen (secondary N) is 3. The SMILES string of the molecule is CN=C(NCCC(=O)Nc1cccc(C)n1)NCc1ccc2c(c1)OCO2.I. The molecule has 0 bridgehead atoms. The first kappa shape index (κ1) is 21.7. The Labute approximate surface area is 181 Å². The number of benzene rings is 1. The standard InChI is InChI=1S/C19H23N5O3.HI/c1-13-4-3-5-17(23-13)24-18(25)8-9-21-19(20-2)22-11-14-6-7-15-16(10-14)27-12-26-15;/h3-7,10H,8-9,11-12H2,1-2H3,(H2,20,21,22)(H,23,24,25);1H. The summed E-state index contributed by atoms with van der Waals surface area (Å²) in [6.07, 6.45) is 0.306. The Morgan fingerprint density at radius 2 is 2.00 bits per heavy atom. The van der Waals surface area contributed by atoms with Crippen molar-refractivity contribution in [3.63, 3.8) is 0 Å². The minimum atomic E-state index is -0.105. The fourth-order valence-corrected chi connectivity index (χ4v) is 2.57. The average Bonchev–Trinajstić information content (AvgIpc) is 3.12. The predicted octanol–water partition coefficient (Wildman–Crippen LogP) is 2.43. The van der Waals surface area contributed by atoms with Crippen molar-refractivity contribution >= 4 is 41.7 Å². The lowest BCUT2D eigenvalue weighted by atomic mass is 10.2. The molecule has 0 saturated carbocycles. The monoisotopic (exact) mass is 497 g/mol. The third-order valence-corrected chi connectivity index (χ3v) is 3.92. The average molecular weight is 497 g/mol. The van der Waals surface area contributed by atoms with Gasteiger partial charge in [-0.25, -0.2) is 4.98 Å². The molecule has 3 N–H and O–H groups in total. The van der Waals surface area contributed by atoms with Crippen LogP contribution >= 0.6 is 24.0 Å². The van der Waals surface area contributed by atoms with E-state index < -0.39 is 0 Å². The molecule has 1 amide bonds. The molecule has 0 saturated heterocycles. The summed E-state index contributed by atoms with van der Waals surface area (Å²) in [7, 11) is 1.69. The molecule has 0 unspecified atom stereocenters. The first-order chi connectivity index (χ1) is 13.1. The normalized spacial score (nSPS) is 12.1. The van der Waals surface area contributed by atoms with E-state index in [1.165, 1.54) is 0 Å². The van der Waals surface area contributed by atoms with Crippen LogP contribution in [0.25, 0.3) is 0 Å². The second-order valence-corrected chi connectivity index (χ2v) is 6.00. The van der Waals surface area contributed by atoms with Gasteiger partial charge in [0.05, 0.1) is 0 Å². The topological polar surface area (TPSA) is 96.9 Å². The van der Waals surface area contributed by atoms with Gasteiger partial charge in [-0.15, -0.1) is 24.0 Å². The maximum atomic E-state index is 12.0. The number of carbonyl (C=O) groups excluding carboxylic acids is 1. The summed E-state index contributed by atoms with van der Waals surface area (Å²) in [6.45, 7) is 3.18. The lowest BCUT2D eigenvalue weighted by molar-refractivity contribution is -0.116. The number of carbonyl (C=O) groups is 1. The second-order valence-electron chi connectivity index (χ2n) is 6.00. The molecule has 1 aromatic carbocycles. The number of aryl methyl sites for hydroxylation is 1. The van der Waals surface area contributed by atoms with Gasteiger partial charge in [0, 0.05) is 32.3 Å². The largest absolute Gasteiger partial charge is 0.454 e. The first-order valence-corrected chi connectivity index (χ1v) is 8.70. The molecule has 150 valence electrons. The van der Waals surface area contributed by atoms with Crippen molar-refractivity contribution in [1.82, 2.24) is 15.6 Å². The van der Waals surface area contributed by atoms with Gasteiger partial charge < -0.3 is 25.4 Å². The molecule has 0 fully saturated rings. The fraction of sp³-hybridized carbons (Fsp3) is 0.316. The summed E-state index contributed by atoms with van der Waals surface area (Å²) in [4.78, 5) is 20.4. The molecule has 0 aliphatic carbocycles. The molecule has 2 aromatic rings. The number of aliphatic imine (C=N–C) groups is 1. The maximum Gasteiger partial charge on any atom is 0.231 e. The number of ether oxygens (including phenoxy) is 2. The van der Waals surface area contributed by atoms with Gasteiger partial charge in [-0.05, 0) is 36.8 Å². The number of guanidine groups is 1. The molecule has 3 rings (SSSR count). The molecule has 0 radical (unpaired) electrons. The molecule has 2 heterocycles. The van der Waals surface area contributed by atoms with Gasteiger partial charge in [0.25, 0.3) is 0 Å². The third kappa shape index (κ3) is 6.25. The minimum absolute atomic E-state index is 0. The number of pyridine rings is 1. The van der Waals surface area contributed by atoms with Gasteiger partial charge in [-0.2, -0.15) is 0 Å². The summed E-state index contributed by atoms with van der Waals surface area (Å²) < 4.78 is 10.7. The maximum absolute atomic E-state index is 12.0. The van der Waals surface area contributed by atoms with E-state index in [-0.39, 0.29) is 36.7 Å². The van der Waals surface area contributed by atoms with Crippen molar-refractivity contribution in [2.24, 2.45) is 4.99 Å². The van der Waals surface area contributed by atoms with Gasteiger partial charge in [-0.3, -0.25) is 9.79 Å².